The first-order chi connectivity index (χ1) is 15.2. The molecule has 0 bridgehead atoms. The first kappa shape index (κ1) is 24.3. The minimum Gasteiger partial charge on any atom is -0.388 e. The molecule has 32 heavy (non-hydrogen) atoms. The highest BCUT2D eigenvalue weighted by Gasteiger charge is 2.36. The van der Waals surface area contributed by atoms with E-state index in [4.69, 9.17) is 11.6 Å². The van der Waals surface area contributed by atoms with Crippen molar-refractivity contribution in [1.29, 1.82) is 0 Å². The Hall–Kier alpha value is -2.39. The number of β-amino-alcohol motifs (C(OH)–C–C–N with tert-alkyl or cyclic N) is 1. The maximum atomic E-state index is 13.4. The maximum Gasteiger partial charge on any atom is 0.324 e. The Morgan fingerprint density at radius 1 is 1.28 bits per heavy atom. The lowest BCUT2D eigenvalue weighted by Gasteiger charge is -2.40. The van der Waals surface area contributed by atoms with Gasteiger partial charge < -0.3 is 19.8 Å². The normalized spacial score (nSPS) is 24.0. The second-order valence-electron chi connectivity index (χ2n) is 8.33. The molecule has 176 valence electrons. The lowest BCUT2D eigenvalue weighted by molar-refractivity contribution is -0.140. The molecule has 1 aromatic carbocycles. The van der Waals surface area contributed by atoms with Crippen LogP contribution in [0.5, 0.6) is 0 Å². The molecule has 0 radical (unpaired) electrons. The van der Waals surface area contributed by atoms with Crippen molar-refractivity contribution in [2.75, 3.05) is 44.7 Å². The van der Waals surface area contributed by atoms with E-state index in [1.165, 1.54) is 14.7 Å². The van der Waals surface area contributed by atoms with Gasteiger partial charge in [0, 0.05) is 56.9 Å². The molecule has 0 aromatic heterocycles. The number of piperidine rings is 1. The number of anilines is 1. The van der Waals surface area contributed by atoms with Crippen LogP contribution >= 0.6 is 11.6 Å². The van der Waals surface area contributed by atoms with Gasteiger partial charge in [0.1, 0.15) is 18.3 Å². The second-order valence-corrected chi connectivity index (χ2v) is 8.77. The quantitative estimate of drug-likeness (QED) is 0.717. The van der Waals surface area contributed by atoms with E-state index in [1.54, 1.807) is 43.1 Å². The highest BCUT2D eigenvalue weighted by molar-refractivity contribution is 6.30. The summed E-state index contributed by atoms with van der Waals surface area (Å²) in [6.45, 7) is 3.19. The first-order valence-electron chi connectivity index (χ1n) is 10.9. The molecule has 1 aromatic rings. The van der Waals surface area contributed by atoms with E-state index in [2.05, 4.69) is 0 Å². The van der Waals surface area contributed by atoms with Gasteiger partial charge in [0.15, 0.2) is 0 Å². The maximum absolute atomic E-state index is 13.4. The van der Waals surface area contributed by atoms with E-state index in [-0.39, 0.29) is 37.2 Å². The molecule has 3 atom stereocenters. The number of rotatable bonds is 5. The third kappa shape index (κ3) is 5.50. The number of halogens is 2. The number of hydrogen-bond donors (Lipinski definition) is 1. The van der Waals surface area contributed by atoms with Crippen molar-refractivity contribution in [2.24, 2.45) is 0 Å². The van der Waals surface area contributed by atoms with Crippen LogP contribution in [-0.2, 0) is 9.59 Å². The standard InChI is InChI=1S/C22H30ClFN4O4/c1-15-21(31)26(9-4-7-20(30)27-10-8-18(24)19(29)14-27)11-12-28(15)22(32)25(2)17-6-3-5-16(23)13-17/h3,5-6,13,15,18-19,29H,4,7-12,14H2,1-2H3/t15-,18?,19-/m0/s1. The van der Waals surface area contributed by atoms with E-state index < -0.39 is 18.3 Å². The monoisotopic (exact) mass is 468 g/mol. The van der Waals surface area contributed by atoms with E-state index in [0.717, 1.165) is 0 Å². The minimum absolute atomic E-state index is 0.0108. The van der Waals surface area contributed by atoms with Gasteiger partial charge in [-0.1, -0.05) is 17.7 Å². The largest absolute Gasteiger partial charge is 0.388 e. The Kier molecular flexibility index (Phi) is 7.95. The van der Waals surface area contributed by atoms with Crippen molar-refractivity contribution >= 4 is 35.1 Å². The lowest BCUT2D eigenvalue weighted by atomic mass is 10.1. The smallest absolute Gasteiger partial charge is 0.324 e. The number of hydrogen-bond acceptors (Lipinski definition) is 4. The third-order valence-corrected chi connectivity index (χ3v) is 6.38. The summed E-state index contributed by atoms with van der Waals surface area (Å²) in [5.41, 5.74) is 0.644. The highest BCUT2D eigenvalue weighted by atomic mass is 35.5. The molecule has 4 amide bonds. The van der Waals surface area contributed by atoms with Crippen LogP contribution in [0.4, 0.5) is 14.9 Å². The molecule has 2 fully saturated rings. The fourth-order valence-electron chi connectivity index (χ4n) is 4.11. The van der Waals surface area contributed by atoms with Crippen molar-refractivity contribution in [2.45, 2.75) is 44.5 Å². The zero-order valence-electron chi connectivity index (χ0n) is 18.4. The molecule has 2 heterocycles. The highest BCUT2D eigenvalue weighted by Crippen LogP contribution is 2.22. The number of likely N-dealkylation sites (tertiary alicyclic amines) is 1. The molecular weight excluding hydrogens is 439 g/mol. The van der Waals surface area contributed by atoms with Crippen LogP contribution in [-0.4, -0.2) is 95.7 Å². The zero-order valence-corrected chi connectivity index (χ0v) is 19.2. The van der Waals surface area contributed by atoms with Gasteiger partial charge >= 0.3 is 6.03 Å². The number of nitrogens with zero attached hydrogens (tertiary/aromatic N) is 4. The molecule has 10 heteroatoms. The average Bonchev–Trinajstić information content (AvgIpc) is 2.77. The molecule has 8 nitrogen and oxygen atoms in total. The summed E-state index contributed by atoms with van der Waals surface area (Å²) in [6.07, 6.45) is -1.58. The molecule has 2 aliphatic rings. The Balaban J connectivity index is 1.49. The summed E-state index contributed by atoms with van der Waals surface area (Å²) in [7, 11) is 1.64. The summed E-state index contributed by atoms with van der Waals surface area (Å²) < 4.78 is 13.4. The van der Waals surface area contributed by atoms with Gasteiger partial charge in [-0.3, -0.25) is 14.5 Å². The number of amides is 4. The predicted molar refractivity (Wildman–Crippen MR) is 119 cm³/mol. The number of carbonyl (C=O) groups is 3. The topological polar surface area (TPSA) is 84.4 Å². The molecule has 0 saturated carbocycles. The van der Waals surface area contributed by atoms with Crippen LogP contribution in [0.2, 0.25) is 5.02 Å². The number of piperazine rings is 1. The second kappa shape index (κ2) is 10.5. The Morgan fingerprint density at radius 3 is 2.72 bits per heavy atom. The number of urea groups is 1. The minimum atomic E-state index is -1.28. The Labute approximate surface area is 192 Å². The fourth-order valence-corrected chi connectivity index (χ4v) is 4.29. The Bertz CT molecular complexity index is 857. The van der Waals surface area contributed by atoms with Gasteiger partial charge in [0.05, 0.1) is 0 Å². The summed E-state index contributed by atoms with van der Waals surface area (Å²) in [4.78, 5) is 44.3. The summed E-state index contributed by atoms with van der Waals surface area (Å²) in [5, 5.41) is 10.1. The van der Waals surface area contributed by atoms with Crippen LogP contribution in [0.15, 0.2) is 24.3 Å². The Morgan fingerprint density at radius 2 is 2.03 bits per heavy atom. The SMILES string of the molecule is C[C@H]1C(=O)N(CCCC(=O)N2CCC(F)[C@@H](O)C2)CCN1C(=O)N(C)c1cccc(Cl)c1. The van der Waals surface area contributed by atoms with E-state index in [1.807, 2.05) is 0 Å². The third-order valence-electron chi connectivity index (χ3n) is 6.15. The van der Waals surface area contributed by atoms with Crippen LogP contribution in [0.3, 0.4) is 0 Å². The summed E-state index contributed by atoms with van der Waals surface area (Å²) in [5.74, 6) is -0.307. The molecule has 0 aliphatic carbocycles. The zero-order chi connectivity index (χ0) is 23.4. The molecular formula is C22H30ClFN4O4. The molecule has 1 unspecified atom stereocenters. The number of aliphatic hydroxyl groups is 1. The molecule has 2 aliphatic heterocycles. The number of aliphatic hydroxyl groups excluding tert-OH is 1. The van der Waals surface area contributed by atoms with Crippen molar-refractivity contribution in [1.82, 2.24) is 14.7 Å². The van der Waals surface area contributed by atoms with Gasteiger partial charge in [-0.05, 0) is 38.0 Å². The predicted octanol–water partition coefficient (Wildman–Crippen LogP) is 2.14. The van der Waals surface area contributed by atoms with Crippen molar-refractivity contribution in [3.05, 3.63) is 29.3 Å². The van der Waals surface area contributed by atoms with Gasteiger partial charge in [0.2, 0.25) is 11.8 Å². The number of alkyl halides is 1. The molecule has 3 rings (SSSR count). The van der Waals surface area contributed by atoms with Crippen LogP contribution in [0.25, 0.3) is 0 Å². The number of carbonyl (C=O) groups excluding carboxylic acids is 3. The van der Waals surface area contributed by atoms with Gasteiger partial charge in [-0.25, -0.2) is 9.18 Å². The number of benzene rings is 1. The van der Waals surface area contributed by atoms with Crippen LogP contribution < -0.4 is 4.90 Å². The average molecular weight is 469 g/mol. The summed E-state index contributed by atoms with van der Waals surface area (Å²) >= 11 is 6.02. The van der Waals surface area contributed by atoms with Crippen molar-refractivity contribution in [3.8, 4) is 0 Å². The van der Waals surface area contributed by atoms with Gasteiger partial charge in [0.25, 0.3) is 0 Å². The van der Waals surface area contributed by atoms with Crippen LogP contribution in [0, 0.1) is 0 Å². The molecule has 0 spiro atoms. The summed E-state index contributed by atoms with van der Waals surface area (Å²) in [6, 6.07) is 6.05. The van der Waals surface area contributed by atoms with Crippen LogP contribution in [0.1, 0.15) is 26.2 Å². The first-order valence-corrected chi connectivity index (χ1v) is 11.3. The fraction of sp³-hybridized carbons (Fsp3) is 0.591. The van der Waals surface area contributed by atoms with Gasteiger partial charge in [-0.2, -0.15) is 0 Å². The van der Waals surface area contributed by atoms with Crippen molar-refractivity contribution < 1.29 is 23.9 Å². The van der Waals surface area contributed by atoms with E-state index in [9.17, 15) is 23.9 Å². The van der Waals surface area contributed by atoms with E-state index >= 15 is 0 Å². The van der Waals surface area contributed by atoms with E-state index in [0.29, 0.717) is 43.3 Å². The van der Waals surface area contributed by atoms with Gasteiger partial charge in [-0.15, -0.1) is 0 Å². The molecule has 1 N–H and O–H groups in total. The lowest BCUT2D eigenvalue weighted by Crippen LogP contribution is -2.60. The van der Waals surface area contributed by atoms with Crippen molar-refractivity contribution in [3.63, 3.8) is 0 Å². The molecule has 2 saturated heterocycles.